The lowest BCUT2D eigenvalue weighted by molar-refractivity contribution is 0.0935. The van der Waals surface area contributed by atoms with Crippen molar-refractivity contribution in [3.05, 3.63) is 66.0 Å². The molecule has 1 aromatic carbocycles. The highest BCUT2D eigenvalue weighted by Crippen LogP contribution is 2.19. The van der Waals surface area contributed by atoms with E-state index in [9.17, 15) is 4.79 Å². The maximum atomic E-state index is 12.4. The van der Waals surface area contributed by atoms with Gasteiger partial charge < -0.3 is 10.1 Å². The predicted molar refractivity (Wildman–Crippen MR) is 95.4 cm³/mol. The minimum absolute atomic E-state index is 0.0506. The lowest BCUT2D eigenvalue weighted by Gasteiger charge is -2.15. The molecular weight excluding hydrogens is 316 g/mol. The number of ether oxygens (including phenoxy) is 1. The molecule has 6 heteroatoms. The van der Waals surface area contributed by atoms with Crippen molar-refractivity contribution in [2.45, 2.75) is 19.4 Å². The molecule has 128 valence electrons. The van der Waals surface area contributed by atoms with Gasteiger partial charge in [-0.2, -0.15) is 5.10 Å². The smallest absolute Gasteiger partial charge is 0.269 e. The van der Waals surface area contributed by atoms with E-state index in [1.807, 2.05) is 49.4 Å². The average molecular weight is 336 g/mol. The van der Waals surface area contributed by atoms with Crippen molar-refractivity contribution in [3.63, 3.8) is 0 Å². The van der Waals surface area contributed by atoms with E-state index in [1.165, 1.54) is 0 Å². The standard InChI is InChI=1S/C19H20N4O2/c1-13(11-14-7-3-4-9-18(14)25-2)21-19(24)17-12-16(22-23-17)15-8-5-6-10-20-15/h3-10,12-13H,11H2,1-2H3,(H,21,24)(H,22,23). The van der Waals surface area contributed by atoms with Crippen LogP contribution in [-0.2, 0) is 6.42 Å². The zero-order chi connectivity index (χ0) is 17.6. The Labute approximate surface area is 146 Å². The number of hydrogen-bond acceptors (Lipinski definition) is 4. The van der Waals surface area contributed by atoms with E-state index in [2.05, 4.69) is 20.5 Å². The van der Waals surface area contributed by atoms with Crippen molar-refractivity contribution < 1.29 is 9.53 Å². The maximum Gasteiger partial charge on any atom is 0.269 e. The third-order valence-electron chi connectivity index (χ3n) is 3.85. The van der Waals surface area contributed by atoms with Gasteiger partial charge in [0, 0.05) is 12.2 Å². The number of carbonyl (C=O) groups excluding carboxylic acids is 1. The molecule has 3 aromatic rings. The molecule has 1 amide bonds. The minimum atomic E-state index is -0.197. The summed E-state index contributed by atoms with van der Waals surface area (Å²) in [4.78, 5) is 16.6. The Hall–Kier alpha value is -3.15. The molecule has 1 unspecified atom stereocenters. The molecule has 0 aliphatic carbocycles. The highest BCUT2D eigenvalue weighted by Gasteiger charge is 2.15. The van der Waals surface area contributed by atoms with Gasteiger partial charge in [-0.3, -0.25) is 14.9 Å². The van der Waals surface area contributed by atoms with Crippen LogP contribution in [-0.4, -0.2) is 34.2 Å². The summed E-state index contributed by atoms with van der Waals surface area (Å²) in [6.45, 7) is 1.96. The summed E-state index contributed by atoms with van der Waals surface area (Å²) in [6.07, 6.45) is 2.37. The van der Waals surface area contributed by atoms with Gasteiger partial charge >= 0.3 is 0 Å². The first-order valence-electron chi connectivity index (χ1n) is 8.07. The summed E-state index contributed by atoms with van der Waals surface area (Å²) in [7, 11) is 1.64. The van der Waals surface area contributed by atoms with Crippen LogP contribution in [0, 0.1) is 0 Å². The normalized spacial score (nSPS) is 11.8. The largest absolute Gasteiger partial charge is 0.496 e. The van der Waals surface area contributed by atoms with E-state index in [-0.39, 0.29) is 11.9 Å². The highest BCUT2D eigenvalue weighted by molar-refractivity contribution is 5.93. The Bertz CT molecular complexity index is 845. The molecule has 25 heavy (non-hydrogen) atoms. The fourth-order valence-electron chi connectivity index (χ4n) is 2.64. The van der Waals surface area contributed by atoms with Crippen molar-refractivity contribution in [1.29, 1.82) is 0 Å². The van der Waals surface area contributed by atoms with E-state index in [0.29, 0.717) is 17.8 Å². The van der Waals surface area contributed by atoms with Crippen LogP contribution in [0.5, 0.6) is 5.75 Å². The number of para-hydroxylation sites is 1. The Morgan fingerprint density at radius 2 is 2.00 bits per heavy atom. The molecule has 0 saturated carbocycles. The van der Waals surface area contributed by atoms with Gasteiger partial charge in [0.05, 0.1) is 12.8 Å². The minimum Gasteiger partial charge on any atom is -0.496 e. The number of carbonyl (C=O) groups is 1. The molecule has 0 fully saturated rings. The number of nitrogens with zero attached hydrogens (tertiary/aromatic N) is 2. The fourth-order valence-corrected chi connectivity index (χ4v) is 2.64. The van der Waals surface area contributed by atoms with Crippen LogP contribution in [0.1, 0.15) is 23.0 Å². The molecule has 2 aromatic heterocycles. The third kappa shape index (κ3) is 4.03. The Kier molecular flexibility index (Phi) is 5.09. The fraction of sp³-hybridized carbons (Fsp3) is 0.211. The van der Waals surface area contributed by atoms with Gasteiger partial charge in [0.25, 0.3) is 5.91 Å². The van der Waals surface area contributed by atoms with Crippen LogP contribution >= 0.6 is 0 Å². The maximum absolute atomic E-state index is 12.4. The second-order valence-corrected chi connectivity index (χ2v) is 5.77. The molecule has 0 spiro atoms. The van der Waals surface area contributed by atoms with Crippen molar-refractivity contribution in [2.24, 2.45) is 0 Å². The molecule has 0 saturated heterocycles. The molecule has 0 aliphatic rings. The van der Waals surface area contributed by atoms with Crippen LogP contribution in [0.15, 0.2) is 54.7 Å². The monoisotopic (exact) mass is 336 g/mol. The van der Waals surface area contributed by atoms with Gasteiger partial charge in [-0.1, -0.05) is 24.3 Å². The number of aromatic amines is 1. The molecule has 6 nitrogen and oxygen atoms in total. The molecule has 2 heterocycles. The zero-order valence-corrected chi connectivity index (χ0v) is 14.2. The molecule has 3 rings (SSSR count). The molecule has 0 bridgehead atoms. The second-order valence-electron chi connectivity index (χ2n) is 5.77. The summed E-state index contributed by atoms with van der Waals surface area (Å²) >= 11 is 0. The van der Waals surface area contributed by atoms with Crippen LogP contribution in [0.3, 0.4) is 0 Å². The lowest BCUT2D eigenvalue weighted by atomic mass is 10.1. The van der Waals surface area contributed by atoms with Gasteiger partial charge in [-0.15, -0.1) is 0 Å². The number of pyridine rings is 1. The molecular formula is C19H20N4O2. The number of hydrogen-bond donors (Lipinski definition) is 2. The van der Waals surface area contributed by atoms with E-state index in [1.54, 1.807) is 19.4 Å². The summed E-state index contributed by atoms with van der Waals surface area (Å²) in [5.74, 6) is 0.625. The van der Waals surface area contributed by atoms with Crippen molar-refractivity contribution in [3.8, 4) is 17.1 Å². The Morgan fingerprint density at radius 3 is 2.76 bits per heavy atom. The van der Waals surface area contributed by atoms with Crippen molar-refractivity contribution >= 4 is 5.91 Å². The summed E-state index contributed by atoms with van der Waals surface area (Å²) in [6, 6.07) is 15.0. The van der Waals surface area contributed by atoms with E-state index >= 15 is 0 Å². The lowest BCUT2D eigenvalue weighted by Crippen LogP contribution is -2.34. The first-order chi connectivity index (χ1) is 12.2. The number of benzene rings is 1. The SMILES string of the molecule is COc1ccccc1CC(C)NC(=O)c1cc(-c2ccccn2)n[nH]1. The predicted octanol–water partition coefficient (Wildman–Crippen LogP) is 2.84. The highest BCUT2D eigenvalue weighted by atomic mass is 16.5. The van der Waals surface area contributed by atoms with Crippen LogP contribution in [0.25, 0.3) is 11.4 Å². The van der Waals surface area contributed by atoms with Gasteiger partial charge in [0.2, 0.25) is 0 Å². The molecule has 2 N–H and O–H groups in total. The van der Waals surface area contributed by atoms with Gasteiger partial charge in [-0.25, -0.2) is 0 Å². The number of H-pyrrole nitrogens is 1. The summed E-state index contributed by atoms with van der Waals surface area (Å²) < 4.78 is 5.35. The topological polar surface area (TPSA) is 79.9 Å². The second kappa shape index (κ2) is 7.61. The number of rotatable bonds is 6. The van der Waals surface area contributed by atoms with E-state index < -0.39 is 0 Å². The van der Waals surface area contributed by atoms with Gasteiger partial charge in [-0.05, 0) is 43.2 Å². The Balaban J connectivity index is 1.65. The third-order valence-corrected chi connectivity index (χ3v) is 3.85. The van der Waals surface area contributed by atoms with Crippen molar-refractivity contribution in [1.82, 2.24) is 20.5 Å². The molecule has 0 radical (unpaired) electrons. The molecule has 0 aliphatic heterocycles. The van der Waals surface area contributed by atoms with Gasteiger partial charge in [0.1, 0.15) is 17.1 Å². The summed E-state index contributed by atoms with van der Waals surface area (Å²) in [5, 5.41) is 9.90. The van der Waals surface area contributed by atoms with Crippen LogP contribution in [0.2, 0.25) is 0 Å². The van der Waals surface area contributed by atoms with Crippen molar-refractivity contribution in [2.75, 3.05) is 7.11 Å². The first kappa shape index (κ1) is 16.7. The average Bonchev–Trinajstić information content (AvgIpc) is 3.13. The number of nitrogens with one attached hydrogen (secondary N) is 2. The van der Waals surface area contributed by atoms with Gasteiger partial charge in [0.15, 0.2) is 0 Å². The molecule has 1 atom stereocenters. The first-order valence-corrected chi connectivity index (χ1v) is 8.07. The number of amides is 1. The quantitative estimate of drug-likeness (QED) is 0.725. The number of methoxy groups -OCH3 is 1. The summed E-state index contributed by atoms with van der Waals surface area (Å²) in [5.41, 5.74) is 2.83. The van der Waals surface area contributed by atoms with E-state index in [4.69, 9.17) is 4.74 Å². The zero-order valence-electron chi connectivity index (χ0n) is 14.2. The number of aromatic nitrogens is 3. The van der Waals surface area contributed by atoms with Crippen LogP contribution < -0.4 is 10.1 Å². The van der Waals surface area contributed by atoms with Crippen LogP contribution in [0.4, 0.5) is 0 Å². The Morgan fingerprint density at radius 1 is 1.20 bits per heavy atom. The van der Waals surface area contributed by atoms with E-state index in [0.717, 1.165) is 17.0 Å².